The molecule has 0 saturated heterocycles. The first-order chi connectivity index (χ1) is 8.91. The Morgan fingerprint density at radius 2 is 2.16 bits per heavy atom. The second kappa shape index (κ2) is 5.00. The van der Waals surface area contributed by atoms with Crippen LogP contribution in [0.5, 0.6) is 5.75 Å². The summed E-state index contributed by atoms with van der Waals surface area (Å²) in [6, 6.07) is 4.49. The SMILES string of the molecule is COc1ccc(Cn2ccnc2S(C)(=O)=O)cc1F. The third-order valence-corrected chi connectivity index (χ3v) is 3.58. The molecule has 1 aromatic carbocycles. The van der Waals surface area contributed by atoms with E-state index in [9.17, 15) is 12.8 Å². The summed E-state index contributed by atoms with van der Waals surface area (Å²) in [6.45, 7) is 0.226. The lowest BCUT2D eigenvalue weighted by Gasteiger charge is -2.08. The van der Waals surface area contributed by atoms with Gasteiger partial charge in [0.05, 0.1) is 7.11 Å². The molecule has 0 radical (unpaired) electrons. The van der Waals surface area contributed by atoms with E-state index in [4.69, 9.17) is 4.74 Å². The lowest BCUT2D eigenvalue weighted by atomic mass is 10.2. The molecule has 2 aromatic rings. The third-order valence-electron chi connectivity index (χ3n) is 2.58. The predicted molar refractivity (Wildman–Crippen MR) is 67.4 cm³/mol. The highest BCUT2D eigenvalue weighted by Gasteiger charge is 2.15. The molecular weight excluding hydrogens is 271 g/mol. The minimum absolute atomic E-state index is 0.0382. The topological polar surface area (TPSA) is 61.2 Å². The molecule has 0 fully saturated rings. The summed E-state index contributed by atoms with van der Waals surface area (Å²) in [6.07, 6.45) is 4.02. The second-order valence-corrected chi connectivity index (χ2v) is 5.99. The first kappa shape index (κ1) is 13.5. The Kier molecular flexibility index (Phi) is 3.57. The Bertz CT molecular complexity index is 695. The number of nitrogens with zero attached hydrogens (tertiary/aromatic N) is 2. The van der Waals surface area contributed by atoms with Gasteiger partial charge in [0.25, 0.3) is 0 Å². The molecule has 0 aliphatic carbocycles. The molecule has 0 atom stereocenters. The van der Waals surface area contributed by atoms with Crippen LogP contribution in [0.2, 0.25) is 0 Å². The molecule has 19 heavy (non-hydrogen) atoms. The molecule has 0 spiro atoms. The molecule has 0 aliphatic rings. The van der Waals surface area contributed by atoms with Crippen molar-refractivity contribution >= 4 is 9.84 Å². The van der Waals surface area contributed by atoms with E-state index < -0.39 is 15.7 Å². The van der Waals surface area contributed by atoms with Gasteiger partial charge in [0, 0.05) is 25.2 Å². The summed E-state index contributed by atoms with van der Waals surface area (Å²) < 4.78 is 42.8. The van der Waals surface area contributed by atoms with Crippen molar-refractivity contribution in [2.24, 2.45) is 0 Å². The van der Waals surface area contributed by atoms with Crippen molar-refractivity contribution in [3.63, 3.8) is 0 Å². The summed E-state index contributed by atoms with van der Waals surface area (Å²) in [5, 5.41) is -0.0382. The molecular formula is C12H13FN2O3S. The summed E-state index contributed by atoms with van der Waals surface area (Å²) in [5.41, 5.74) is 0.626. The van der Waals surface area contributed by atoms with Gasteiger partial charge >= 0.3 is 0 Å². The van der Waals surface area contributed by atoms with E-state index >= 15 is 0 Å². The van der Waals surface area contributed by atoms with Crippen LogP contribution in [0.1, 0.15) is 5.56 Å². The first-order valence-electron chi connectivity index (χ1n) is 5.45. The maximum absolute atomic E-state index is 13.5. The monoisotopic (exact) mass is 284 g/mol. The number of halogens is 1. The van der Waals surface area contributed by atoms with Crippen molar-refractivity contribution < 1.29 is 17.5 Å². The fourth-order valence-corrected chi connectivity index (χ4v) is 2.55. The summed E-state index contributed by atoms with van der Waals surface area (Å²) in [7, 11) is -2.02. The van der Waals surface area contributed by atoms with Gasteiger partial charge in [-0.3, -0.25) is 0 Å². The van der Waals surface area contributed by atoms with Crippen LogP contribution in [0.4, 0.5) is 4.39 Å². The Morgan fingerprint density at radius 3 is 2.74 bits per heavy atom. The quantitative estimate of drug-likeness (QED) is 0.853. The molecule has 7 heteroatoms. The molecule has 2 rings (SSSR count). The number of benzene rings is 1. The van der Waals surface area contributed by atoms with Crippen LogP contribution in [-0.4, -0.2) is 31.3 Å². The Balaban J connectivity index is 2.32. The summed E-state index contributed by atoms with van der Waals surface area (Å²) in [4.78, 5) is 3.80. The van der Waals surface area contributed by atoms with Crippen LogP contribution >= 0.6 is 0 Å². The Hall–Kier alpha value is -1.89. The van der Waals surface area contributed by atoms with Crippen molar-refractivity contribution in [2.45, 2.75) is 11.7 Å². The fraction of sp³-hybridized carbons (Fsp3) is 0.250. The standard InChI is InChI=1S/C12H13FN2O3S/c1-18-11-4-3-9(7-10(11)13)8-15-6-5-14-12(15)19(2,16)17/h3-7H,8H2,1-2H3. The minimum atomic E-state index is -3.40. The smallest absolute Gasteiger partial charge is 0.227 e. The average Bonchev–Trinajstić information content (AvgIpc) is 2.77. The van der Waals surface area contributed by atoms with Crippen molar-refractivity contribution in [2.75, 3.05) is 13.4 Å². The highest BCUT2D eigenvalue weighted by atomic mass is 32.2. The van der Waals surface area contributed by atoms with Crippen LogP contribution in [-0.2, 0) is 16.4 Å². The summed E-state index contributed by atoms with van der Waals surface area (Å²) in [5.74, 6) is -0.335. The van der Waals surface area contributed by atoms with Gasteiger partial charge in [-0.25, -0.2) is 17.8 Å². The van der Waals surface area contributed by atoms with Crippen LogP contribution in [0.3, 0.4) is 0 Å². The van der Waals surface area contributed by atoms with Gasteiger partial charge in [-0.15, -0.1) is 0 Å². The average molecular weight is 284 g/mol. The Morgan fingerprint density at radius 1 is 1.42 bits per heavy atom. The molecule has 5 nitrogen and oxygen atoms in total. The normalized spacial score (nSPS) is 11.5. The van der Waals surface area contributed by atoms with Crippen molar-refractivity contribution in [1.82, 2.24) is 9.55 Å². The van der Waals surface area contributed by atoms with Gasteiger partial charge < -0.3 is 9.30 Å². The van der Waals surface area contributed by atoms with E-state index in [1.54, 1.807) is 12.3 Å². The molecule has 0 N–H and O–H groups in total. The molecule has 0 bridgehead atoms. The summed E-state index contributed by atoms with van der Waals surface area (Å²) >= 11 is 0. The zero-order valence-electron chi connectivity index (χ0n) is 10.5. The molecule has 1 heterocycles. The number of ether oxygens (including phenoxy) is 1. The lowest BCUT2D eigenvalue weighted by Crippen LogP contribution is -2.09. The third kappa shape index (κ3) is 2.93. The van der Waals surface area contributed by atoms with Crippen LogP contribution in [0, 0.1) is 5.82 Å². The molecule has 0 unspecified atom stereocenters. The van der Waals surface area contributed by atoms with Gasteiger partial charge in [0.1, 0.15) is 0 Å². The van der Waals surface area contributed by atoms with Crippen molar-refractivity contribution in [1.29, 1.82) is 0 Å². The van der Waals surface area contributed by atoms with Gasteiger partial charge in [-0.2, -0.15) is 0 Å². The number of hydrogen-bond acceptors (Lipinski definition) is 4. The highest BCUT2D eigenvalue weighted by Crippen LogP contribution is 2.19. The van der Waals surface area contributed by atoms with Crippen LogP contribution in [0.15, 0.2) is 35.7 Å². The number of aromatic nitrogens is 2. The maximum Gasteiger partial charge on any atom is 0.227 e. The molecule has 0 aliphatic heterocycles. The van der Waals surface area contributed by atoms with E-state index in [1.807, 2.05) is 0 Å². The molecule has 1 aromatic heterocycles. The first-order valence-corrected chi connectivity index (χ1v) is 7.34. The van der Waals surface area contributed by atoms with Gasteiger partial charge in [0.2, 0.25) is 15.0 Å². The van der Waals surface area contributed by atoms with E-state index in [1.165, 1.54) is 30.0 Å². The number of sulfone groups is 1. The number of imidazole rings is 1. The molecule has 0 saturated carbocycles. The lowest BCUT2D eigenvalue weighted by molar-refractivity contribution is 0.386. The van der Waals surface area contributed by atoms with Crippen molar-refractivity contribution in [3.05, 3.63) is 42.0 Å². The second-order valence-electron chi connectivity index (χ2n) is 4.08. The van der Waals surface area contributed by atoms with E-state index in [0.29, 0.717) is 5.56 Å². The van der Waals surface area contributed by atoms with Crippen LogP contribution < -0.4 is 4.74 Å². The van der Waals surface area contributed by atoms with E-state index in [2.05, 4.69) is 4.98 Å². The Labute approximate surface area is 110 Å². The maximum atomic E-state index is 13.5. The minimum Gasteiger partial charge on any atom is -0.494 e. The number of methoxy groups -OCH3 is 1. The van der Waals surface area contributed by atoms with Gasteiger partial charge in [0.15, 0.2) is 11.6 Å². The van der Waals surface area contributed by atoms with Crippen LogP contribution in [0.25, 0.3) is 0 Å². The molecule has 102 valence electrons. The predicted octanol–water partition coefficient (Wildman–Crippen LogP) is 1.48. The largest absolute Gasteiger partial charge is 0.494 e. The molecule has 0 amide bonds. The van der Waals surface area contributed by atoms with Gasteiger partial charge in [-0.05, 0) is 17.7 Å². The fourth-order valence-electron chi connectivity index (χ4n) is 1.75. The number of rotatable bonds is 4. The zero-order valence-corrected chi connectivity index (χ0v) is 11.3. The zero-order chi connectivity index (χ0) is 14.0. The van der Waals surface area contributed by atoms with E-state index in [-0.39, 0.29) is 17.5 Å². The van der Waals surface area contributed by atoms with Gasteiger partial charge in [-0.1, -0.05) is 6.07 Å². The van der Waals surface area contributed by atoms with Crippen molar-refractivity contribution in [3.8, 4) is 5.75 Å². The number of hydrogen-bond donors (Lipinski definition) is 0. The van der Waals surface area contributed by atoms with E-state index in [0.717, 1.165) is 6.26 Å². The highest BCUT2D eigenvalue weighted by molar-refractivity contribution is 7.90.